The number of ether oxygens (including phenoxy) is 1. The van der Waals surface area contributed by atoms with Gasteiger partial charge in [-0.3, -0.25) is 4.79 Å². The van der Waals surface area contributed by atoms with Crippen molar-refractivity contribution in [2.75, 3.05) is 13.7 Å². The topological polar surface area (TPSA) is 38.3 Å². The summed E-state index contributed by atoms with van der Waals surface area (Å²) in [5, 5.41) is 3.06. The lowest BCUT2D eigenvalue weighted by molar-refractivity contribution is 0.102. The lowest BCUT2D eigenvalue weighted by Gasteiger charge is -2.04. The van der Waals surface area contributed by atoms with E-state index in [1.165, 1.54) is 0 Å². The van der Waals surface area contributed by atoms with Crippen LogP contribution in [0.2, 0.25) is 0 Å². The van der Waals surface area contributed by atoms with E-state index in [0.717, 1.165) is 18.7 Å². The van der Waals surface area contributed by atoms with Gasteiger partial charge in [0.15, 0.2) is 0 Å². The van der Waals surface area contributed by atoms with Crippen molar-refractivity contribution in [1.82, 2.24) is 5.32 Å². The Kier molecular flexibility index (Phi) is 2.72. The van der Waals surface area contributed by atoms with E-state index in [1.807, 2.05) is 6.08 Å². The van der Waals surface area contributed by atoms with Gasteiger partial charge >= 0.3 is 0 Å². The Morgan fingerprint density at radius 2 is 2.07 bits per heavy atom. The summed E-state index contributed by atoms with van der Waals surface area (Å²) in [4.78, 5) is 11.9. The van der Waals surface area contributed by atoms with E-state index < -0.39 is 0 Å². The lowest BCUT2D eigenvalue weighted by atomic mass is 10.1. The molecule has 0 radical (unpaired) electrons. The number of allylic oxidation sites excluding steroid dienone is 1. The maximum Gasteiger partial charge on any atom is 0.208 e. The molecule has 1 aliphatic heterocycles. The minimum absolute atomic E-state index is 0.0511. The van der Waals surface area contributed by atoms with Crippen LogP contribution in [0.25, 0.3) is 0 Å². The first-order valence-corrected chi connectivity index (χ1v) is 4.94. The van der Waals surface area contributed by atoms with Gasteiger partial charge in [-0.2, -0.15) is 0 Å². The number of ketones is 1. The fourth-order valence-electron chi connectivity index (χ4n) is 1.57. The van der Waals surface area contributed by atoms with Gasteiger partial charge in [-0.1, -0.05) is 6.08 Å². The monoisotopic (exact) mass is 203 g/mol. The normalized spacial score (nSPS) is 14.3. The van der Waals surface area contributed by atoms with E-state index in [4.69, 9.17) is 4.74 Å². The number of carbonyl (C=O) groups is 1. The molecular formula is C12H13NO2. The number of nitrogens with one attached hydrogen (secondary N) is 1. The van der Waals surface area contributed by atoms with Crippen LogP contribution in [0.15, 0.2) is 36.0 Å². The Balaban J connectivity index is 2.18. The molecule has 1 N–H and O–H groups in total. The highest BCUT2D eigenvalue weighted by atomic mass is 16.5. The van der Waals surface area contributed by atoms with Crippen LogP contribution < -0.4 is 10.1 Å². The summed E-state index contributed by atoms with van der Waals surface area (Å²) in [5.41, 5.74) is 1.40. The van der Waals surface area contributed by atoms with Gasteiger partial charge in [0.05, 0.1) is 12.8 Å². The molecule has 0 bridgehead atoms. The quantitative estimate of drug-likeness (QED) is 0.761. The van der Waals surface area contributed by atoms with Crippen LogP contribution in [0, 0.1) is 0 Å². The molecule has 0 fully saturated rings. The molecule has 78 valence electrons. The van der Waals surface area contributed by atoms with Gasteiger partial charge in [0, 0.05) is 12.1 Å². The van der Waals surface area contributed by atoms with Crippen molar-refractivity contribution in [3.63, 3.8) is 0 Å². The van der Waals surface area contributed by atoms with Crippen molar-refractivity contribution in [1.29, 1.82) is 0 Å². The average molecular weight is 203 g/mol. The molecule has 0 spiro atoms. The molecule has 2 rings (SSSR count). The molecule has 0 saturated carbocycles. The van der Waals surface area contributed by atoms with Crippen LogP contribution in [-0.2, 0) is 0 Å². The predicted octanol–water partition coefficient (Wildman–Crippen LogP) is 1.76. The second kappa shape index (κ2) is 4.17. The molecule has 0 atom stereocenters. The first kappa shape index (κ1) is 9.77. The summed E-state index contributed by atoms with van der Waals surface area (Å²) in [6, 6.07) is 7.15. The highest BCUT2D eigenvalue weighted by molar-refractivity contribution is 6.08. The van der Waals surface area contributed by atoms with Gasteiger partial charge in [-0.15, -0.1) is 0 Å². The third kappa shape index (κ3) is 2.01. The van der Waals surface area contributed by atoms with Crippen molar-refractivity contribution >= 4 is 5.78 Å². The van der Waals surface area contributed by atoms with Crippen LogP contribution in [0.5, 0.6) is 5.75 Å². The van der Waals surface area contributed by atoms with Gasteiger partial charge < -0.3 is 10.1 Å². The molecule has 3 heteroatoms. The Bertz CT molecular complexity index is 393. The zero-order valence-electron chi connectivity index (χ0n) is 8.62. The molecule has 0 amide bonds. The smallest absolute Gasteiger partial charge is 0.208 e. The number of rotatable bonds is 3. The van der Waals surface area contributed by atoms with Gasteiger partial charge in [-0.25, -0.2) is 0 Å². The Morgan fingerprint density at radius 1 is 1.33 bits per heavy atom. The number of carbonyl (C=O) groups excluding carboxylic acids is 1. The zero-order valence-corrected chi connectivity index (χ0v) is 8.62. The van der Waals surface area contributed by atoms with E-state index in [0.29, 0.717) is 11.3 Å². The number of methoxy groups -OCH3 is 1. The molecule has 1 aromatic carbocycles. The molecule has 15 heavy (non-hydrogen) atoms. The summed E-state index contributed by atoms with van der Waals surface area (Å²) < 4.78 is 5.03. The van der Waals surface area contributed by atoms with E-state index in [2.05, 4.69) is 5.32 Å². The van der Waals surface area contributed by atoms with Gasteiger partial charge in [0.25, 0.3) is 0 Å². The Labute approximate surface area is 88.8 Å². The number of Topliss-reactive ketones (excluding diaryl/α,β-unsaturated/α-hetero) is 1. The molecule has 0 unspecified atom stereocenters. The van der Waals surface area contributed by atoms with Gasteiger partial charge in [0.2, 0.25) is 5.78 Å². The number of hydrogen-bond acceptors (Lipinski definition) is 3. The Hall–Kier alpha value is -1.77. The molecule has 1 aromatic rings. The fraction of sp³-hybridized carbons (Fsp3) is 0.250. The molecule has 3 nitrogen and oxygen atoms in total. The maximum absolute atomic E-state index is 11.9. The molecular weight excluding hydrogens is 190 g/mol. The van der Waals surface area contributed by atoms with E-state index >= 15 is 0 Å². The zero-order chi connectivity index (χ0) is 10.7. The first-order chi connectivity index (χ1) is 7.31. The summed E-state index contributed by atoms with van der Waals surface area (Å²) >= 11 is 0. The van der Waals surface area contributed by atoms with Crippen molar-refractivity contribution in [2.45, 2.75) is 6.42 Å². The molecule has 0 aromatic heterocycles. The highest BCUT2D eigenvalue weighted by Gasteiger charge is 2.14. The maximum atomic E-state index is 11.9. The minimum Gasteiger partial charge on any atom is -0.497 e. The van der Waals surface area contributed by atoms with Crippen molar-refractivity contribution < 1.29 is 9.53 Å². The SMILES string of the molecule is COc1ccc(C(=O)C2=CCCN2)cc1. The largest absolute Gasteiger partial charge is 0.497 e. The predicted molar refractivity (Wildman–Crippen MR) is 58.0 cm³/mol. The fourth-order valence-corrected chi connectivity index (χ4v) is 1.57. The summed E-state index contributed by atoms with van der Waals surface area (Å²) in [6.45, 7) is 0.858. The third-order valence-corrected chi connectivity index (χ3v) is 2.41. The molecule has 1 aliphatic rings. The number of benzene rings is 1. The molecule has 0 aliphatic carbocycles. The second-order valence-corrected chi connectivity index (χ2v) is 3.39. The van der Waals surface area contributed by atoms with Crippen molar-refractivity contribution in [3.05, 3.63) is 41.6 Å². The summed E-state index contributed by atoms with van der Waals surface area (Å²) in [6.07, 6.45) is 2.86. The lowest BCUT2D eigenvalue weighted by Crippen LogP contribution is -2.16. The second-order valence-electron chi connectivity index (χ2n) is 3.39. The first-order valence-electron chi connectivity index (χ1n) is 4.94. The van der Waals surface area contributed by atoms with E-state index in [-0.39, 0.29) is 5.78 Å². The van der Waals surface area contributed by atoms with Crippen LogP contribution in [0.3, 0.4) is 0 Å². The summed E-state index contributed by atoms with van der Waals surface area (Å²) in [7, 11) is 1.61. The minimum atomic E-state index is 0.0511. The van der Waals surface area contributed by atoms with Crippen LogP contribution in [-0.4, -0.2) is 19.4 Å². The third-order valence-electron chi connectivity index (χ3n) is 2.41. The molecule has 1 heterocycles. The molecule has 0 saturated heterocycles. The van der Waals surface area contributed by atoms with E-state index in [9.17, 15) is 4.79 Å². The van der Waals surface area contributed by atoms with Crippen molar-refractivity contribution in [3.8, 4) is 5.75 Å². The van der Waals surface area contributed by atoms with Crippen molar-refractivity contribution in [2.24, 2.45) is 0 Å². The Morgan fingerprint density at radius 3 is 2.60 bits per heavy atom. The van der Waals surface area contributed by atoms with Crippen LogP contribution >= 0.6 is 0 Å². The standard InChI is InChI=1S/C12H13NO2/c1-15-10-6-4-9(5-7-10)12(14)11-3-2-8-13-11/h3-7,13H,2,8H2,1H3. The van der Waals surface area contributed by atoms with Crippen LogP contribution in [0.4, 0.5) is 0 Å². The van der Waals surface area contributed by atoms with Crippen LogP contribution in [0.1, 0.15) is 16.8 Å². The van der Waals surface area contributed by atoms with E-state index in [1.54, 1.807) is 31.4 Å². The summed E-state index contributed by atoms with van der Waals surface area (Å²) in [5.74, 6) is 0.815. The number of hydrogen-bond donors (Lipinski definition) is 1. The van der Waals surface area contributed by atoms with Gasteiger partial charge in [-0.05, 0) is 30.7 Å². The van der Waals surface area contributed by atoms with Gasteiger partial charge in [0.1, 0.15) is 5.75 Å². The highest BCUT2D eigenvalue weighted by Crippen LogP contribution is 2.15. The average Bonchev–Trinajstić information content (AvgIpc) is 2.82.